The third-order valence-corrected chi connectivity index (χ3v) is 1.80. The van der Waals surface area contributed by atoms with Gasteiger partial charge in [-0.05, 0) is 12.1 Å². The Balaban J connectivity index is 0.00000106. The maximum atomic E-state index is 10.9. The summed E-state index contributed by atoms with van der Waals surface area (Å²) in [7, 11) is 0. The second kappa shape index (κ2) is 7.70. The van der Waals surface area contributed by atoms with Gasteiger partial charge in [0.25, 0.3) is 0 Å². The highest BCUT2D eigenvalue weighted by molar-refractivity contribution is 6.29. The molecule has 0 aromatic heterocycles. The van der Waals surface area contributed by atoms with Gasteiger partial charge in [-0.1, -0.05) is 26.0 Å². The van der Waals surface area contributed by atoms with Crippen LogP contribution in [0.5, 0.6) is 0 Å². The Labute approximate surface area is 99.2 Å². The van der Waals surface area contributed by atoms with Gasteiger partial charge in [0.1, 0.15) is 5.88 Å². The molecular formula is C11H14ClNO3. The summed E-state index contributed by atoms with van der Waals surface area (Å²) in [5.74, 6) is -1.72. The van der Waals surface area contributed by atoms with Crippen LogP contribution in [0.2, 0.25) is 0 Å². The van der Waals surface area contributed by atoms with Crippen LogP contribution in [0, 0.1) is 0 Å². The summed E-state index contributed by atoms with van der Waals surface area (Å²) >= 11 is 5.27. The molecule has 0 heterocycles. The van der Waals surface area contributed by atoms with Crippen LogP contribution in [-0.4, -0.2) is 22.9 Å². The van der Waals surface area contributed by atoms with Gasteiger partial charge in [-0.15, -0.1) is 11.6 Å². The number of halogens is 1. The lowest BCUT2D eigenvalue weighted by molar-refractivity contribution is -0.113. The first-order chi connectivity index (χ1) is 7.65. The molecule has 0 bridgehead atoms. The van der Waals surface area contributed by atoms with Gasteiger partial charge in [0.2, 0.25) is 5.91 Å². The Hall–Kier alpha value is -1.55. The van der Waals surface area contributed by atoms with E-state index in [9.17, 15) is 9.59 Å². The predicted molar refractivity (Wildman–Crippen MR) is 64.1 cm³/mol. The molecule has 1 aromatic carbocycles. The topological polar surface area (TPSA) is 66.4 Å². The molecule has 0 aliphatic carbocycles. The third-order valence-electron chi connectivity index (χ3n) is 1.55. The van der Waals surface area contributed by atoms with Crippen LogP contribution >= 0.6 is 11.6 Å². The Morgan fingerprint density at radius 1 is 1.31 bits per heavy atom. The molecule has 0 unspecified atom stereocenters. The highest BCUT2D eigenvalue weighted by Crippen LogP contribution is 2.14. The van der Waals surface area contributed by atoms with E-state index in [-0.39, 0.29) is 17.1 Å². The largest absolute Gasteiger partial charge is 0.478 e. The highest BCUT2D eigenvalue weighted by Gasteiger charge is 2.10. The van der Waals surface area contributed by atoms with Gasteiger partial charge in [-0.3, -0.25) is 4.79 Å². The van der Waals surface area contributed by atoms with Crippen molar-refractivity contribution in [3.63, 3.8) is 0 Å². The molecule has 16 heavy (non-hydrogen) atoms. The lowest BCUT2D eigenvalue weighted by Crippen LogP contribution is -2.15. The standard InChI is InChI=1S/C9H8ClNO3.C2H6/c10-5-8(12)11-7-4-2-1-3-6(7)9(13)14;1-2/h1-4H,5H2,(H,11,12)(H,13,14);1-2H3. The number of benzene rings is 1. The van der Waals surface area contributed by atoms with Crippen LogP contribution < -0.4 is 5.32 Å². The minimum atomic E-state index is -1.09. The summed E-state index contributed by atoms with van der Waals surface area (Å²) in [4.78, 5) is 21.6. The molecule has 2 N–H and O–H groups in total. The molecule has 0 saturated carbocycles. The van der Waals surface area contributed by atoms with Gasteiger partial charge in [-0.25, -0.2) is 4.79 Å². The molecule has 1 aromatic rings. The molecule has 0 atom stereocenters. The van der Waals surface area contributed by atoms with Crippen molar-refractivity contribution >= 4 is 29.2 Å². The van der Waals surface area contributed by atoms with Gasteiger partial charge in [0.05, 0.1) is 11.3 Å². The summed E-state index contributed by atoms with van der Waals surface area (Å²) in [5, 5.41) is 11.2. The number of rotatable bonds is 3. The number of amides is 1. The number of alkyl halides is 1. The number of para-hydroxylation sites is 1. The zero-order chi connectivity index (χ0) is 12.6. The summed E-state index contributed by atoms with van der Waals surface area (Å²) in [6.07, 6.45) is 0. The number of hydrogen-bond donors (Lipinski definition) is 2. The van der Waals surface area contributed by atoms with E-state index in [1.165, 1.54) is 12.1 Å². The van der Waals surface area contributed by atoms with Crippen molar-refractivity contribution in [2.45, 2.75) is 13.8 Å². The van der Waals surface area contributed by atoms with E-state index in [2.05, 4.69) is 5.32 Å². The monoisotopic (exact) mass is 243 g/mol. The Morgan fingerprint density at radius 2 is 1.88 bits per heavy atom. The van der Waals surface area contributed by atoms with Crippen LogP contribution in [0.15, 0.2) is 24.3 Å². The van der Waals surface area contributed by atoms with Crippen molar-refractivity contribution in [2.75, 3.05) is 11.2 Å². The molecule has 0 aliphatic heterocycles. The second-order valence-electron chi connectivity index (χ2n) is 2.53. The lowest BCUT2D eigenvalue weighted by atomic mass is 10.2. The smallest absolute Gasteiger partial charge is 0.337 e. The third kappa shape index (κ3) is 4.31. The number of hydrogen-bond acceptors (Lipinski definition) is 2. The van der Waals surface area contributed by atoms with Gasteiger partial charge in [0, 0.05) is 0 Å². The predicted octanol–water partition coefficient (Wildman–Crippen LogP) is 2.59. The number of nitrogens with one attached hydrogen (secondary N) is 1. The average molecular weight is 244 g/mol. The molecule has 1 rings (SSSR count). The minimum absolute atomic E-state index is 0.0472. The number of aromatic carboxylic acids is 1. The lowest BCUT2D eigenvalue weighted by Gasteiger charge is -2.05. The molecule has 0 saturated heterocycles. The molecule has 0 spiro atoms. The molecule has 0 aliphatic rings. The Morgan fingerprint density at radius 3 is 2.38 bits per heavy atom. The summed E-state index contributed by atoms with van der Waals surface area (Å²) in [5.41, 5.74) is 0.302. The van der Waals surface area contributed by atoms with Gasteiger partial charge in [-0.2, -0.15) is 0 Å². The maximum absolute atomic E-state index is 10.9. The number of carboxylic acid groups (broad SMARTS) is 1. The Bertz CT molecular complexity index is 366. The number of anilines is 1. The molecule has 4 nitrogen and oxygen atoms in total. The van der Waals surface area contributed by atoms with Gasteiger partial charge < -0.3 is 10.4 Å². The van der Waals surface area contributed by atoms with Crippen LogP contribution in [0.3, 0.4) is 0 Å². The van der Waals surface area contributed by atoms with Crippen molar-refractivity contribution in [1.82, 2.24) is 0 Å². The highest BCUT2D eigenvalue weighted by atomic mass is 35.5. The van der Waals surface area contributed by atoms with Gasteiger partial charge in [0.15, 0.2) is 0 Å². The van der Waals surface area contributed by atoms with Gasteiger partial charge >= 0.3 is 5.97 Å². The van der Waals surface area contributed by atoms with Crippen molar-refractivity contribution in [3.8, 4) is 0 Å². The molecule has 0 radical (unpaired) electrons. The summed E-state index contributed by atoms with van der Waals surface area (Å²) in [6.45, 7) is 4.00. The number of carboxylic acids is 1. The first-order valence-electron chi connectivity index (χ1n) is 4.83. The molecule has 1 amide bonds. The fourth-order valence-electron chi connectivity index (χ4n) is 0.962. The Kier molecular flexibility index (Phi) is 6.96. The average Bonchev–Trinajstić information content (AvgIpc) is 2.32. The number of carbonyl (C=O) groups excluding carboxylic acids is 1. The van der Waals surface area contributed by atoms with E-state index in [4.69, 9.17) is 16.7 Å². The van der Waals surface area contributed by atoms with E-state index >= 15 is 0 Å². The summed E-state index contributed by atoms with van der Waals surface area (Å²) < 4.78 is 0. The number of carbonyl (C=O) groups is 2. The zero-order valence-corrected chi connectivity index (χ0v) is 9.91. The fraction of sp³-hybridized carbons (Fsp3) is 0.273. The van der Waals surface area contributed by atoms with Crippen LogP contribution in [0.1, 0.15) is 24.2 Å². The van der Waals surface area contributed by atoms with Crippen molar-refractivity contribution in [1.29, 1.82) is 0 Å². The van der Waals surface area contributed by atoms with E-state index in [0.717, 1.165) is 0 Å². The molecule has 0 fully saturated rings. The quantitative estimate of drug-likeness (QED) is 0.802. The van der Waals surface area contributed by atoms with Crippen molar-refractivity contribution in [2.24, 2.45) is 0 Å². The molecule has 88 valence electrons. The SMILES string of the molecule is CC.O=C(CCl)Nc1ccccc1C(=O)O. The summed E-state index contributed by atoms with van der Waals surface area (Å²) in [6, 6.07) is 6.14. The van der Waals surface area contributed by atoms with E-state index in [1.54, 1.807) is 12.1 Å². The first kappa shape index (κ1) is 14.5. The zero-order valence-electron chi connectivity index (χ0n) is 9.16. The van der Waals surface area contributed by atoms with E-state index in [1.807, 2.05) is 13.8 Å². The van der Waals surface area contributed by atoms with Crippen LogP contribution in [0.4, 0.5) is 5.69 Å². The fourth-order valence-corrected chi connectivity index (χ4v) is 1.03. The molecular weight excluding hydrogens is 230 g/mol. The first-order valence-corrected chi connectivity index (χ1v) is 5.36. The maximum Gasteiger partial charge on any atom is 0.337 e. The second-order valence-corrected chi connectivity index (χ2v) is 2.80. The van der Waals surface area contributed by atoms with Crippen molar-refractivity contribution in [3.05, 3.63) is 29.8 Å². The minimum Gasteiger partial charge on any atom is -0.478 e. The normalized spacial score (nSPS) is 8.69. The van der Waals surface area contributed by atoms with E-state index < -0.39 is 11.9 Å². The molecule has 5 heteroatoms. The van der Waals surface area contributed by atoms with Crippen LogP contribution in [0.25, 0.3) is 0 Å². The van der Waals surface area contributed by atoms with Crippen molar-refractivity contribution < 1.29 is 14.7 Å². The van der Waals surface area contributed by atoms with Crippen LogP contribution in [-0.2, 0) is 4.79 Å². The van der Waals surface area contributed by atoms with E-state index in [0.29, 0.717) is 0 Å².